The van der Waals surface area contributed by atoms with E-state index in [1.165, 1.54) is 0 Å². The van der Waals surface area contributed by atoms with Gasteiger partial charge in [-0.05, 0) is 54.4 Å². The van der Waals surface area contributed by atoms with E-state index in [1.807, 2.05) is 37.3 Å². The van der Waals surface area contributed by atoms with Crippen LogP contribution < -0.4 is 10.6 Å². The van der Waals surface area contributed by atoms with Crippen LogP contribution in [0.5, 0.6) is 0 Å². The van der Waals surface area contributed by atoms with Crippen molar-refractivity contribution in [2.75, 3.05) is 10.6 Å². The maximum atomic E-state index is 12.1. The van der Waals surface area contributed by atoms with E-state index >= 15 is 0 Å². The Morgan fingerprint density at radius 3 is 2.42 bits per heavy atom. The van der Waals surface area contributed by atoms with Crippen LogP contribution >= 0.6 is 23.2 Å². The minimum Gasteiger partial charge on any atom is -0.340 e. The maximum Gasteiger partial charge on any atom is 0.228 e. The van der Waals surface area contributed by atoms with Crippen LogP contribution in [0, 0.1) is 6.92 Å². The largest absolute Gasteiger partial charge is 0.340 e. The SMILES string of the molecule is Cc1ccc(Cl)cc1Nc1ccc(NC(=O)Cc2ccc(Cl)cc2)cn1. The third-order valence-corrected chi connectivity index (χ3v) is 4.27. The number of hydrogen-bond acceptors (Lipinski definition) is 3. The molecule has 6 heteroatoms. The van der Waals surface area contributed by atoms with Crippen molar-refractivity contribution in [2.45, 2.75) is 13.3 Å². The average molecular weight is 386 g/mol. The van der Waals surface area contributed by atoms with E-state index in [0.717, 1.165) is 16.8 Å². The highest BCUT2D eigenvalue weighted by atomic mass is 35.5. The summed E-state index contributed by atoms with van der Waals surface area (Å²) >= 11 is 11.9. The van der Waals surface area contributed by atoms with E-state index in [1.54, 1.807) is 30.5 Å². The number of nitrogens with zero attached hydrogens (tertiary/aromatic N) is 1. The number of rotatable bonds is 5. The number of halogens is 2. The van der Waals surface area contributed by atoms with Gasteiger partial charge in [0.25, 0.3) is 0 Å². The molecule has 0 unspecified atom stereocenters. The van der Waals surface area contributed by atoms with Crippen LogP contribution in [-0.4, -0.2) is 10.9 Å². The Morgan fingerprint density at radius 1 is 1.00 bits per heavy atom. The summed E-state index contributed by atoms with van der Waals surface area (Å²) in [6.07, 6.45) is 1.89. The highest BCUT2D eigenvalue weighted by Crippen LogP contribution is 2.23. The maximum absolute atomic E-state index is 12.1. The van der Waals surface area contributed by atoms with Crippen molar-refractivity contribution >= 4 is 46.3 Å². The Labute approximate surface area is 162 Å². The Kier molecular flexibility index (Phi) is 5.76. The Morgan fingerprint density at radius 2 is 1.73 bits per heavy atom. The molecule has 132 valence electrons. The molecule has 0 atom stereocenters. The number of amides is 1. The van der Waals surface area contributed by atoms with E-state index < -0.39 is 0 Å². The van der Waals surface area contributed by atoms with E-state index in [-0.39, 0.29) is 12.3 Å². The third kappa shape index (κ3) is 4.97. The standard InChI is InChI=1S/C20H17Cl2N3O/c1-13-2-5-16(22)11-18(13)25-19-9-8-17(12-23-19)24-20(26)10-14-3-6-15(21)7-4-14/h2-9,11-12H,10H2,1H3,(H,23,25)(H,24,26). The zero-order chi connectivity index (χ0) is 18.5. The molecule has 0 saturated heterocycles. The first-order valence-electron chi connectivity index (χ1n) is 8.03. The van der Waals surface area contributed by atoms with Gasteiger partial charge in [0, 0.05) is 15.7 Å². The second-order valence-corrected chi connectivity index (χ2v) is 6.74. The lowest BCUT2D eigenvalue weighted by Crippen LogP contribution is -2.14. The highest BCUT2D eigenvalue weighted by Gasteiger charge is 2.06. The van der Waals surface area contributed by atoms with Crippen LogP contribution in [0.4, 0.5) is 17.2 Å². The predicted octanol–water partition coefficient (Wildman–Crippen LogP) is 5.62. The van der Waals surface area contributed by atoms with E-state index in [2.05, 4.69) is 15.6 Å². The molecule has 3 rings (SSSR count). The van der Waals surface area contributed by atoms with E-state index in [0.29, 0.717) is 21.6 Å². The van der Waals surface area contributed by atoms with Crippen LogP contribution in [0.15, 0.2) is 60.8 Å². The van der Waals surface area contributed by atoms with Gasteiger partial charge in [-0.15, -0.1) is 0 Å². The molecular formula is C20H17Cl2N3O. The van der Waals surface area contributed by atoms with Gasteiger partial charge in [-0.1, -0.05) is 41.4 Å². The Hall–Kier alpha value is -2.56. The molecule has 2 aromatic carbocycles. The molecule has 0 bridgehead atoms. The van der Waals surface area contributed by atoms with Gasteiger partial charge in [0.05, 0.1) is 18.3 Å². The van der Waals surface area contributed by atoms with Crippen LogP contribution in [0.2, 0.25) is 10.0 Å². The molecule has 1 amide bonds. The monoisotopic (exact) mass is 385 g/mol. The van der Waals surface area contributed by atoms with Crippen LogP contribution in [0.1, 0.15) is 11.1 Å². The number of hydrogen-bond donors (Lipinski definition) is 2. The van der Waals surface area contributed by atoms with Gasteiger partial charge in [-0.3, -0.25) is 4.79 Å². The Balaban J connectivity index is 1.61. The number of pyridine rings is 1. The molecule has 0 saturated carbocycles. The highest BCUT2D eigenvalue weighted by molar-refractivity contribution is 6.31. The minimum atomic E-state index is -0.111. The summed E-state index contributed by atoms with van der Waals surface area (Å²) < 4.78 is 0. The van der Waals surface area contributed by atoms with E-state index in [9.17, 15) is 4.79 Å². The number of aryl methyl sites for hydroxylation is 1. The molecule has 0 fully saturated rings. The fourth-order valence-corrected chi connectivity index (χ4v) is 2.70. The summed E-state index contributed by atoms with van der Waals surface area (Å²) in [6, 6.07) is 16.4. The molecule has 0 spiro atoms. The first-order chi connectivity index (χ1) is 12.5. The molecule has 0 aliphatic rings. The van der Waals surface area contributed by atoms with Crippen LogP contribution in [0.25, 0.3) is 0 Å². The van der Waals surface area contributed by atoms with Crippen LogP contribution in [-0.2, 0) is 11.2 Å². The number of carbonyl (C=O) groups excluding carboxylic acids is 1. The third-order valence-electron chi connectivity index (χ3n) is 3.79. The van der Waals surface area contributed by atoms with Crippen LogP contribution in [0.3, 0.4) is 0 Å². The number of aromatic nitrogens is 1. The number of anilines is 3. The Bertz CT molecular complexity index is 909. The smallest absolute Gasteiger partial charge is 0.228 e. The first-order valence-corrected chi connectivity index (χ1v) is 8.79. The quantitative estimate of drug-likeness (QED) is 0.598. The summed E-state index contributed by atoms with van der Waals surface area (Å²) in [7, 11) is 0. The van der Waals surface area contributed by atoms with Crippen molar-refractivity contribution in [2.24, 2.45) is 0 Å². The molecule has 3 aromatic rings. The van der Waals surface area contributed by atoms with Gasteiger partial charge in [0.2, 0.25) is 5.91 Å². The van der Waals surface area contributed by atoms with Crippen molar-refractivity contribution in [3.05, 3.63) is 82.0 Å². The topological polar surface area (TPSA) is 54.0 Å². The second-order valence-electron chi connectivity index (χ2n) is 5.87. The average Bonchev–Trinajstić information content (AvgIpc) is 2.62. The normalized spacial score (nSPS) is 10.4. The fourth-order valence-electron chi connectivity index (χ4n) is 2.40. The van der Waals surface area contributed by atoms with Gasteiger partial charge in [0.15, 0.2) is 0 Å². The van der Waals surface area contributed by atoms with E-state index in [4.69, 9.17) is 23.2 Å². The zero-order valence-electron chi connectivity index (χ0n) is 14.1. The number of carbonyl (C=O) groups is 1. The lowest BCUT2D eigenvalue weighted by atomic mass is 10.1. The lowest BCUT2D eigenvalue weighted by Gasteiger charge is -2.10. The molecule has 0 radical (unpaired) electrons. The molecule has 4 nitrogen and oxygen atoms in total. The van der Waals surface area contributed by atoms with Crippen molar-refractivity contribution < 1.29 is 4.79 Å². The fraction of sp³-hybridized carbons (Fsp3) is 0.100. The predicted molar refractivity (Wildman–Crippen MR) is 107 cm³/mol. The summed E-state index contributed by atoms with van der Waals surface area (Å²) in [5.74, 6) is 0.562. The summed E-state index contributed by atoms with van der Waals surface area (Å²) in [4.78, 5) is 16.5. The summed E-state index contributed by atoms with van der Waals surface area (Å²) in [5.41, 5.74) is 3.49. The zero-order valence-corrected chi connectivity index (χ0v) is 15.6. The molecule has 0 aliphatic carbocycles. The van der Waals surface area contributed by atoms with Crippen molar-refractivity contribution in [1.82, 2.24) is 4.98 Å². The molecule has 1 aromatic heterocycles. The summed E-state index contributed by atoms with van der Waals surface area (Å²) in [6.45, 7) is 1.99. The number of nitrogens with one attached hydrogen (secondary N) is 2. The van der Waals surface area contributed by atoms with Crippen molar-refractivity contribution in [3.63, 3.8) is 0 Å². The van der Waals surface area contributed by atoms with Gasteiger partial charge in [0.1, 0.15) is 5.82 Å². The molecule has 1 heterocycles. The molecular weight excluding hydrogens is 369 g/mol. The minimum absolute atomic E-state index is 0.111. The van der Waals surface area contributed by atoms with Gasteiger partial charge in [-0.2, -0.15) is 0 Å². The van der Waals surface area contributed by atoms with Gasteiger partial charge < -0.3 is 10.6 Å². The number of benzene rings is 2. The van der Waals surface area contributed by atoms with Crippen molar-refractivity contribution in [3.8, 4) is 0 Å². The first kappa shape index (κ1) is 18.2. The molecule has 26 heavy (non-hydrogen) atoms. The summed E-state index contributed by atoms with van der Waals surface area (Å²) in [5, 5.41) is 7.36. The van der Waals surface area contributed by atoms with Gasteiger partial charge >= 0.3 is 0 Å². The second kappa shape index (κ2) is 8.21. The lowest BCUT2D eigenvalue weighted by molar-refractivity contribution is -0.115. The van der Waals surface area contributed by atoms with Gasteiger partial charge in [-0.25, -0.2) is 4.98 Å². The molecule has 0 aliphatic heterocycles. The molecule has 2 N–H and O–H groups in total. The van der Waals surface area contributed by atoms with Crippen molar-refractivity contribution in [1.29, 1.82) is 0 Å².